The highest BCUT2D eigenvalue weighted by Crippen LogP contribution is 2.26. The smallest absolute Gasteiger partial charge is 0.319 e. The molecule has 1 atom stereocenters. The van der Waals surface area contributed by atoms with Gasteiger partial charge < -0.3 is 15.5 Å². The number of anilines is 2. The van der Waals surface area contributed by atoms with Gasteiger partial charge in [0.15, 0.2) is 5.13 Å². The predicted molar refractivity (Wildman–Crippen MR) is 95.4 cm³/mol. The lowest BCUT2D eigenvalue weighted by Gasteiger charge is -2.24. The van der Waals surface area contributed by atoms with Crippen molar-refractivity contribution in [3.05, 3.63) is 40.9 Å². The summed E-state index contributed by atoms with van der Waals surface area (Å²) in [6.07, 6.45) is 4.06. The Bertz CT molecular complexity index is 671. The zero-order chi connectivity index (χ0) is 16.2. The number of benzene rings is 1. The number of hydrogen-bond donors (Lipinski definition) is 2. The van der Waals surface area contributed by atoms with Gasteiger partial charge in [0.1, 0.15) is 0 Å². The Balaban J connectivity index is 1.53. The average Bonchev–Trinajstić information content (AvgIpc) is 3.19. The summed E-state index contributed by atoms with van der Waals surface area (Å²) in [5, 5.41) is 8.92. The van der Waals surface area contributed by atoms with Gasteiger partial charge in [0.2, 0.25) is 0 Å². The normalized spacial score (nSPS) is 17.3. The molecule has 1 fully saturated rings. The highest BCUT2D eigenvalue weighted by molar-refractivity contribution is 7.13. The molecule has 5 nitrogen and oxygen atoms in total. The summed E-state index contributed by atoms with van der Waals surface area (Å²) in [5.41, 5.74) is 3.23. The predicted octanol–water partition coefficient (Wildman–Crippen LogP) is 3.55. The van der Waals surface area contributed by atoms with Gasteiger partial charge in [-0.25, -0.2) is 9.78 Å². The van der Waals surface area contributed by atoms with Crippen molar-refractivity contribution in [2.75, 3.05) is 23.3 Å². The van der Waals surface area contributed by atoms with E-state index in [9.17, 15) is 4.79 Å². The Morgan fingerprint density at radius 1 is 1.39 bits per heavy atom. The van der Waals surface area contributed by atoms with E-state index in [1.54, 1.807) is 11.3 Å². The van der Waals surface area contributed by atoms with Crippen LogP contribution in [0, 0.1) is 13.8 Å². The highest BCUT2D eigenvalue weighted by atomic mass is 32.1. The van der Waals surface area contributed by atoms with Crippen LogP contribution in [-0.4, -0.2) is 30.1 Å². The van der Waals surface area contributed by atoms with E-state index < -0.39 is 0 Å². The maximum atomic E-state index is 12.1. The topological polar surface area (TPSA) is 57.3 Å². The fourth-order valence-corrected chi connectivity index (χ4v) is 3.60. The van der Waals surface area contributed by atoms with Crippen molar-refractivity contribution in [2.45, 2.75) is 32.7 Å². The summed E-state index contributed by atoms with van der Waals surface area (Å²) in [7, 11) is 0. The molecular formula is C17H22N4OS. The van der Waals surface area contributed by atoms with Crippen LogP contribution < -0.4 is 15.5 Å². The van der Waals surface area contributed by atoms with E-state index in [1.807, 2.05) is 36.7 Å². The van der Waals surface area contributed by atoms with E-state index in [-0.39, 0.29) is 6.03 Å². The van der Waals surface area contributed by atoms with Crippen LogP contribution in [0.3, 0.4) is 0 Å². The van der Waals surface area contributed by atoms with Crippen LogP contribution in [0.15, 0.2) is 29.8 Å². The molecule has 0 spiro atoms. The van der Waals surface area contributed by atoms with Gasteiger partial charge in [0, 0.05) is 36.4 Å². The van der Waals surface area contributed by atoms with Crippen molar-refractivity contribution in [3.8, 4) is 0 Å². The van der Waals surface area contributed by atoms with Crippen LogP contribution in [0.5, 0.6) is 0 Å². The van der Waals surface area contributed by atoms with Crippen molar-refractivity contribution < 1.29 is 4.79 Å². The molecule has 0 saturated carbocycles. The number of nitrogens with zero attached hydrogens (tertiary/aromatic N) is 2. The number of aryl methyl sites for hydroxylation is 2. The van der Waals surface area contributed by atoms with E-state index in [2.05, 4.69) is 27.4 Å². The van der Waals surface area contributed by atoms with Gasteiger partial charge in [0.25, 0.3) is 0 Å². The molecular weight excluding hydrogens is 308 g/mol. The molecule has 1 aliphatic heterocycles. The molecule has 23 heavy (non-hydrogen) atoms. The number of hydrogen-bond acceptors (Lipinski definition) is 4. The first-order valence-corrected chi connectivity index (χ1v) is 8.79. The van der Waals surface area contributed by atoms with Crippen LogP contribution in [0.1, 0.15) is 24.0 Å². The first kappa shape index (κ1) is 15.8. The third kappa shape index (κ3) is 3.82. The molecule has 6 heteroatoms. The number of urea groups is 1. The molecule has 122 valence electrons. The maximum absolute atomic E-state index is 12.1. The summed E-state index contributed by atoms with van der Waals surface area (Å²) in [4.78, 5) is 18.8. The number of carbonyl (C=O) groups is 1. The minimum absolute atomic E-state index is 0.153. The monoisotopic (exact) mass is 330 g/mol. The fraction of sp³-hybridized carbons (Fsp3) is 0.412. The third-order valence-electron chi connectivity index (χ3n) is 4.31. The largest absolute Gasteiger partial charge is 0.343 e. The standard InChI is InChI=1S/C17H22N4OS/c1-12-5-6-14(10-13(12)2)20-16(22)19-11-15-4-3-8-21(15)17-18-7-9-23-17/h5-7,9-10,15H,3-4,8,11H2,1-2H3,(H2,19,20,22)/t15-/m1/s1. The molecule has 0 bridgehead atoms. The zero-order valence-corrected chi connectivity index (χ0v) is 14.3. The molecule has 1 aromatic heterocycles. The van der Waals surface area contributed by atoms with Gasteiger partial charge in [-0.1, -0.05) is 6.07 Å². The molecule has 2 heterocycles. The number of nitrogens with one attached hydrogen (secondary N) is 2. The minimum Gasteiger partial charge on any atom is -0.343 e. The van der Waals surface area contributed by atoms with Gasteiger partial charge in [-0.15, -0.1) is 11.3 Å². The van der Waals surface area contributed by atoms with Crippen molar-refractivity contribution >= 4 is 28.2 Å². The Kier molecular flexibility index (Phi) is 4.81. The van der Waals surface area contributed by atoms with Gasteiger partial charge in [-0.05, 0) is 49.9 Å². The lowest BCUT2D eigenvalue weighted by molar-refractivity contribution is 0.251. The third-order valence-corrected chi connectivity index (χ3v) is 5.11. The van der Waals surface area contributed by atoms with E-state index in [0.717, 1.165) is 30.2 Å². The molecule has 2 amide bonds. The molecule has 0 radical (unpaired) electrons. The molecule has 1 aromatic carbocycles. The van der Waals surface area contributed by atoms with Crippen LogP contribution in [0.25, 0.3) is 0 Å². The van der Waals surface area contributed by atoms with Gasteiger partial charge >= 0.3 is 6.03 Å². The summed E-state index contributed by atoms with van der Waals surface area (Å²) < 4.78 is 0. The lowest BCUT2D eigenvalue weighted by Crippen LogP contribution is -2.41. The molecule has 1 aliphatic rings. The average molecular weight is 330 g/mol. The second kappa shape index (κ2) is 7.00. The maximum Gasteiger partial charge on any atom is 0.319 e. The van der Waals surface area contributed by atoms with Crippen LogP contribution in [0.4, 0.5) is 15.6 Å². The van der Waals surface area contributed by atoms with Gasteiger partial charge in [-0.3, -0.25) is 0 Å². The number of rotatable bonds is 4. The van der Waals surface area contributed by atoms with Crippen LogP contribution in [-0.2, 0) is 0 Å². The second-order valence-electron chi connectivity index (χ2n) is 5.94. The summed E-state index contributed by atoms with van der Waals surface area (Å²) >= 11 is 1.65. The summed E-state index contributed by atoms with van der Waals surface area (Å²) in [5.74, 6) is 0. The van der Waals surface area contributed by atoms with Gasteiger partial charge in [-0.2, -0.15) is 0 Å². The van der Waals surface area contributed by atoms with Crippen molar-refractivity contribution in [1.82, 2.24) is 10.3 Å². The Labute approximate surface area is 140 Å². The van der Waals surface area contributed by atoms with E-state index in [0.29, 0.717) is 12.6 Å². The zero-order valence-electron chi connectivity index (χ0n) is 13.5. The first-order valence-electron chi connectivity index (χ1n) is 7.92. The molecule has 0 aliphatic carbocycles. The number of carbonyl (C=O) groups excluding carboxylic acids is 1. The number of thiazole rings is 1. The molecule has 0 unspecified atom stereocenters. The second-order valence-corrected chi connectivity index (χ2v) is 6.81. The lowest BCUT2D eigenvalue weighted by atomic mass is 10.1. The van der Waals surface area contributed by atoms with E-state index in [4.69, 9.17) is 0 Å². The number of amides is 2. The Morgan fingerprint density at radius 2 is 2.26 bits per heavy atom. The SMILES string of the molecule is Cc1ccc(NC(=O)NC[C@H]2CCCN2c2nccs2)cc1C. The minimum atomic E-state index is -0.153. The van der Waals surface area contributed by atoms with Crippen molar-refractivity contribution in [2.24, 2.45) is 0 Å². The van der Waals surface area contributed by atoms with Crippen LogP contribution >= 0.6 is 11.3 Å². The van der Waals surface area contributed by atoms with Crippen LogP contribution in [0.2, 0.25) is 0 Å². The molecule has 1 saturated heterocycles. The summed E-state index contributed by atoms with van der Waals surface area (Å²) in [6, 6.07) is 6.11. The van der Waals surface area contributed by atoms with E-state index in [1.165, 1.54) is 11.1 Å². The van der Waals surface area contributed by atoms with E-state index >= 15 is 0 Å². The quantitative estimate of drug-likeness (QED) is 0.901. The molecule has 2 aromatic rings. The summed E-state index contributed by atoms with van der Waals surface area (Å²) in [6.45, 7) is 5.75. The molecule has 3 rings (SSSR count). The Hall–Kier alpha value is -2.08. The molecule has 2 N–H and O–H groups in total. The fourth-order valence-electron chi connectivity index (χ4n) is 2.86. The Morgan fingerprint density at radius 3 is 3.00 bits per heavy atom. The highest BCUT2D eigenvalue weighted by Gasteiger charge is 2.26. The number of aromatic nitrogens is 1. The van der Waals surface area contributed by atoms with Crippen molar-refractivity contribution in [1.29, 1.82) is 0 Å². The van der Waals surface area contributed by atoms with Gasteiger partial charge in [0.05, 0.1) is 0 Å². The van der Waals surface area contributed by atoms with Crippen molar-refractivity contribution in [3.63, 3.8) is 0 Å². The first-order chi connectivity index (χ1) is 11.1.